The summed E-state index contributed by atoms with van der Waals surface area (Å²) in [5, 5.41) is 1.13. The molecule has 4 heteroatoms. The molecule has 0 saturated carbocycles. The highest BCUT2D eigenvalue weighted by molar-refractivity contribution is 6.22. The van der Waals surface area contributed by atoms with E-state index in [1.54, 1.807) is 0 Å². The number of aromatic amines is 2. The summed E-state index contributed by atoms with van der Waals surface area (Å²) in [5.41, 5.74) is 6.46. The monoisotopic (exact) mass is 303 g/mol. The topological polar surface area (TPSA) is 61.0 Å². The fraction of sp³-hybridized carbons (Fsp3) is 0.158. The van der Waals surface area contributed by atoms with E-state index in [2.05, 4.69) is 33.2 Å². The molecular weight excluding hydrogens is 286 g/mol. The van der Waals surface area contributed by atoms with Gasteiger partial charge in [0.1, 0.15) is 5.70 Å². The van der Waals surface area contributed by atoms with Crippen molar-refractivity contribution in [1.82, 2.24) is 9.97 Å². The fourth-order valence-corrected chi connectivity index (χ4v) is 3.02. The molecule has 2 aromatic heterocycles. The Kier molecular flexibility index (Phi) is 3.05. The van der Waals surface area contributed by atoms with Gasteiger partial charge in [0.2, 0.25) is 0 Å². The lowest BCUT2D eigenvalue weighted by molar-refractivity contribution is -0.114. The molecule has 0 saturated heterocycles. The second-order valence-corrected chi connectivity index (χ2v) is 6.01. The van der Waals surface area contributed by atoms with Crippen molar-refractivity contribution in [3.63, 3.8) is 0 Å². The van der Waals surface area contributed by atoms with Crippen LogP contribution in [0.1, 0.15) is 29.1 Å². The number of aromatic nitrogens is 2. The van der Waals surface area contributed by atoms with Gasteiger partial charge in [0, 0.05) is 22.3 Å². The van der Waals surface area contributed by atoms with Gasteiger partial charge >= 0.3 is 0 Å². The molecule has 3 heterocycles. The second-order valence-electron chi connectivity index (χ2n) is 6.01. The Morgan fingerprint density at radius 1 is 1.13 bits per heavy atom. The van der Waals surface area contributed by atoms with Gasteiger partial charge in [-0.15, -0.1) is 0 Å². The largest absolute Gasteiger partial charge is 0.359 e. The van der Waals surface area contributed by atoms with E-state index in [4.69, 9.17) is 0 Å². The lowest BCUT2D eigenvalue weighted by Gasteiger charge is -1.93. The maximum Gasteiger partial charge on any atom is 0.187 e. The van der Waals surface area contributed by atoms with Gasteiger partial charge in [-0.1, -0.05) is 18.2 Å². The van der Waals surface area contributed by atoms with Crippen LogP contribution < -0.4 is 0 Å². The number of benzene rings is 1. The Hall–Kier alpha value is -2.88. The van der Waals surface area contributed by atoms with E-state index in [0.717, 1.165) is 39.3 Å². The minimum absolute atomic E-state index is 0.0605. The Morgan fingerprint density at radius 3 is 2.70 bits per heavy atom. The second kappa shape index (κ2) is 5.09. The van der Waals surface area contributed by atoms with E-state index < -0.39 is 0 Å². The highest BCUT2D eigenvalue weighted by Crippen LogP contribution is 2.24. The first-order valence-electron chi connectivity index (χ1n) is 7.67. The Balaban J connectivity index is 1.73. The van der Waals surface area contributed by atoms with Crippen LogP contribution in [0.15, 0.2) is 47.1 Å². The van der Waals surface area contributed by atoms with Crippen molar-refractivity contribution in [2.24, 2.45) is 4.99 Å². The molecule has 0 atom stereocenters. The quantitative estimate of drug-likeness (QED) is 0.693. The molecule has 23 heavy (non-hydrogen) atoms. The summed E-state index contributed by atoms with van der Waals surface area (Å²) in [6.07, 6.45) is 2.19. The summed E-state index contributed by atoms with van der Waals surface area (Å²) < 4.78 is 0. The first-order chi connectivity index (χ1) is 11.1. The molecule has 3 aromatic rings. The van der Waals surface area contributed by atoms with Crippen LogP contribution in [0.25, 0.3) is 17.0 Å². The number of Topliss-reactive ketones (excluding diaryl/α,β-unsaturated/α-hetero) is 1. The first kappa shape index (κ1) is 13.8. The number of fused-ring (bicyclic) bond motifs is 1. The van der Waals surface area contributed by atoms with Crippen LogP contribution in [-0.4, -0.2) is 21.5 Å². The zero-order chi connectivity index (χ0) is 16.0. The summed E-state index contributed by atoms with van der Waals surface area (Å²) in [6.45, 7) is 4.03. The smallest absolute Gasteiger partial charge is 0.187 e. The zero-order valence-electron chi connectivity index (χ0n) is 13.1. The number of para-hydroxylation sites is 1. The van der Waals surface area contributed by atoms with Gasteiger partial charge in [-0.3, -0.25) is 4.79 Å². The van der Waals surface area contributed by atoms with Crippen molar-refractivity contribution in [2.45, 2.75) is 20.3 Å². The van der Waals surface area contributed by atoms with Crippen LogP contribution in [0.5, 0.6) is 0 Å². The van der Waals surface area contributed by atoms with E-state index in [1.807, 2.05) is 38.1 Å². The number of aryl methyl sites for hydroxylation is 2. The highest BCUT2D eigenvalue weighted by Gasteiger charge is 2.23. The Labute approximate surface area is 134 Å². The van der Waals surface area contributed by atoms with Crippen molar-refractivity contribution in [1.29, 1.82) is 0 Å². The van der Waals surface area contributed by atoms with Crippen molar-refractivity contribution in [3.05, 3.63) is 64.7 Å². The molecule has 114 valence electrons. The maximum atomic E-state index is 12.3. The number of carbonyl (C=O) groups is 1. The molecule has 0 amide bonds. The average molecular weight is 303 g/mol. The van der Waals surface area contributed by atoms with Crippen LogP contribution in [0.2, 0.25) is 0 Å². The molecule has 1 aromatic carbocycles. The van der Waals surface area contributed by atoms with Gasteiger partial charge in [-0.25, -0.2) is 4.99 Å². The molecule has 0 aliphatic carbocycles. The number of hydrogen-bond acceptors (Lipinski definition) is 2. The molecule has 4 rings (SSSR count). The number of H-pyrrole nitrogens is 2. The summed E-state index contributed by atoms with van der Waals surface area (Å²) in [4.78, 5) is 23.4. The normalized spacial score (nSPS) is 16.5. The number of allylic oxidation sites excluding steroid dienone is 1. The molecule has 0 spiro atoms. The summed E-state index contributed by atoms with van der Waals surface area (Å²) >= 11 is 0. The molecular formula is C19H17N3O. The van der Waals surface area contributed by atoms with Gasteiger partial charge in [0.15, 0.2) is 5.78 Å². The Morgan fingerprint density at radius 2 is 1.96 bits per heavy atom. The van der Waals surface area contributed by atoms with Crippen molar-refractivity contribution in [3.8, 4) is 0 Å². The molecule has 2 N–H and O–H groups in total. The zero-order valence-corrected chi connectivity index (χ0v) is 13.1. The predicted molar refractivity (Wildman–Crippen MR) is 92.7 cm³/mol. The number of nitrogens with one attached hydrogen (secondary N) is 2. The van der Waals surface area contributed by atoms with Crippen LogP contribution in [0.3, 0.4) is 0 Å². The summed E-state index contributed by atoms with van der Waals surface area (Å²) in [5.74, 6) is 0.0605. The number of hydrogen-bond donors (Lipinski definition) is 2. The number of aliphatic imine (C=N–C) groups is 1. The summed E-state index contributed by atoms with van der Waals surface area (Å²) in [6, 6.07) is 12.2. The molecule has 0 fully saturated rings. The van der Waals surface area contributed by atoms with Crippen LogP contribution in [-0.2, 0) is 4.79 Å². The summed E-state index contributed by atoms with van der Waals surface area (Å²) in [7, 11) is 0. The third-order valence-corrected chi connectivity index (χ3v) is 4.18. The fourth-order valence-electron chi connectivity index (χ4n) is 3.02. The minimum atomic E-state index is 0.0605. The van der Waals surface area contributed by atoms with Gasteiger partial charge < -0.3 is 9.97 Å². The lowest BCUT2D eigenvalue weighted by Crippen LogP contribution is -2.00. The number of ketones is 1. The SMILES string of the molecule is Cc1cc(C)c(/C=C2\N=C(c3cc4ccccc4[nH]3)CC2=O)[nH]1. The molecule has 4 nitrogen and oxygen atoms in total. The minimum Gasteiger partial charge on any atom is -0.359 e. The van der Waals surface area contributed by atoms with Gasteiger partial charge in [-0.05, 0) is 43.7 Å². The maximum absolute atomic E-state index is 12.3. The van der Waals surface area contributed by atoms with Crippen molar-refractivity contribution in [2.75, 3.05) is 0 Å². The van der Waals surface area contributed by atoms with Gasteiger partial charge in [0.05, 0.1) is 17.8 Å². The van der Waals surface area contributed by atoms with Crippen LogP contribution in [0, 0.1) is 13.8 Å². The van der Waals surface area contributed by atoms with Crippen LogP contribution >= 0.6 is 0 Å². The van der Waals surface area contributed by atoms with E-state index in [-0.39, 0.29) is 5.78 Å². The number of nitrogens with zero attached hydrogens (tertiary/aromatic N) is 1. The molecule has 1 aliphatic heterocycles. The van der Waals surface area contributed by atoms with Crippen molar-refractivity contribution < 1.29 is 4.79 Å². The van der Waals surface area contributed by atoms with E-state index in [9.17, 15) is 4.79 Å². The van der Waals surface area contributed by atoms with E-state index >= 15 is 0 Å². The third-order valence-electron chi connectivity index (χ3n) is 4.18. The van der Waals surface area contributed by atoms with Crippen molar-refractivity contribution >= 4 is 28.5 Å². The van der Waals surface area contributed by atoms with Crippen LogP contribution in [0.4, 0.5) is 0 Å². The molecule has 1 aliphatic rings. The standard InChI is InChI=1S/C19H17N3O/c1-11-7-12(2)20-15(11)9-18-19(23)10-17(22-18)16-8-13-5-3-4-6-14(13)21-16/h3-9,20-21H,10H2,1-2H3/b18-9-. The lowest BCUT2D eigenvalue weighted by atomic mass is 10.1. The molecule has 0 unspecified atom stereocenters. The predicted octanol–water partition coefficient (Wildman–Crippen LogP) is 3.92. The van der Waals surface area contributed by atoms with E-state index in [0.29, 0.717) is 12.1 Å². The molecule has 0 radical (unpaired) electrons. The first-order valence-corrected chi connectivity index (χ1v) is 7.67. The highest BCUT2D eigenvalue weighted by atomic mass is 16.1. The Bertz CT molecular complexity index is 952. The number of carbonyl (C=O) groups excluding carboxylic acids is 1. The number of rotatable bonds is 2. The average Bonchev–Trinajstić information content (AvgIpc) is 3.18. The van der Waals surface area contributed by atoms with Gasteiger partial charge in [0.25, 0.3) is 0 Å². The molecule has 0 bridgehead atoms. The third kappa shape index (κ3) is 2.42. The van der Waals surface area contributed by atoms with Gasteiger partial charge in [-0.2, -0.15) is 0 Å². The van der Waals surface area contributed by atoms with E-state index in [1.165, 1.54) is 0 Å².